The molecule has 2 unspecified atom stereocenters. The summed E-state index contributed by atoms with van der Waals surface area (Å²) in [6.07, 6.45) is 4.39. The van der Waals surface area contributed by atoms with Crippen LogP contribution in [0.1, 0.15) is 40.0 Å². The molecule has 0 aromatic heterocycles. The molecular weight excluding hydrogens is 152 g/mol. The van der Waals surface area contributed by atoms with Crippen LogP contribution in [0.4, 0.5) is 0 Å². The Kier molecular flexibility index (Phi) is 1.58. The van der Waals surface area contributed by atoms with Gasteiger partial charge in [0.25, 0.3) is 0 Å². The quantitative estimate of drug-likeness (QED) is 0.537. The Morgan fingerprint density at radius 2 is 2.00 bits per heavy atom. The molecule has 1 heteroatoms. The van der Waals surface area contributed by atoms with E-state index in [4.69, 9.17) is 0 Å². The fourth-order valence-corrected chi connectivity index (χ4v) is 4.29. The normalized spacial score (nSPS) is 47.7. The highest BCUT2D eigenvalue weighted by Gasteiger charge is 2.50. The summed E-state index contributed by atoms with van der Waals surface area (Å²) < 4.78 is 0. The third-order valence-electron chi connectivity index (χ3n) is 4.04. The van der Waals surface area contributed by atoms with Crippen LogP contribution in [0.5, 0.6) is 0 Å². The smallest absolute Gasteiger partial charge is 0.00531 e. The molecule has 1 saturated carbocycles. The minimum absolute atomic E-state index is 0.604. The molecule has 1 saturated heterocycles. The van der Waals surface area contributed by atoms with E-state index in [0.717, 1.165) is 5.25 Å². The number of thioether (sulfide) groups is 1. The zero-order chi connectivity index (χ0) is 8.11. The molecule has 0 aromatic rings. The second-order valence-corrected chi connectivity index (χ2v) is 6.41. The van der Waals surface area contributed by atoms with E-state index in [9.17, 15) is 0 Å². The fourth-order valence-electron chi connectivity index (χ4n) is 2.40. The lowest BCUT2D eigenvalue weighted by atomic mass is 9.60. The van der Waals surface area contributed by atoms with Crippen LogP contribution in [-0.4, -0.2) is 11.0 Å². The van der Waals surface area contributed by atoms with Crippen LogP contribution in [0.3, 0.4) is 0 Å². The summed E-state index contributed by atoms with van der Waals surface area (Å²) in [5, 5.41) is 1.01. The number of fused-ring (bicyclic) bond motifs is 2. The van der Waals surface area contributed by atoms with E-state index in [1.54, 1.807) is 0 Å². The van der Waals surface area contributed by atoms with Gasteiger partial charge < -0.3 is 0 Å². The van der Waals surface area contributed by atoms with Gasteiger partial charge in [-0.2, -0.15) is 11.8 Å². The van der Waals surface area contributed by atoms with Gasteiger partial charge in [-0.05, 0) is 35.8 Å². The predicted molar refractivity (Wildman–Crippen MR) is 52.0 cm³/mol. The lowest BCUT2D eigenvalue weighted by Crippen LogP contribution is -2.38. The Morgan fingerprint density at radius 3 is 2.64 bits per heavy atom. The van der Waals surface area contributed by atoms with Crippen molar-refractivity contribution in [3.8, 4) is 0 Å². The van der Waals surface area contributed by atoms with Gasteiger partial charge in [0.05, 0.1) is 0 Å². The maximum absolute atomic E-state index is 2.49. The van der Waals surface area contributed by atoms with E-state index in [1.807, 2.05) is 0 Å². The Morgan fingerprint density at radius 1 is 1.27 bits per heavy atom. The number of hydrogen-bond acceptors (Lipinski definition) is 1. The van der Waals surface area contributed by atoms with Crippen LogP contribution in [0.25, 0.3) is 0 Å². The summed E-state index contributed by atoms with van der Waals surface area (Å²) in [5.41, 5.74) is 1.26. The molecule has 2 rings (SSSR count). The second-order valence-electron chi connectivity index (χ2n) is 5.12. The van der Waals surface area contributed by atoms with Crippen molar-refractivity contribution in [2.45, 2.75) is 45.3 Å². The Labute approximate surface area is 74.1 Å². The van der Waals surface area contributed by atoms with Crippen LogP contribution >= 0.6 is 11.8 Å². The van der Waals surface area contributed by atoms with Crippen LogP contribution in [0.15, 0.2) is 0 Å². The molecule has 11 heavy (non-hydrogen) atoms. The lowest BCUT2D eigenvalue weighted by Gasteiger charge is -2.44. The average Bonchev–Trinajstić information content (AvgIpc) is 2.25. The largest absolute Gasteiger partial charge is 0.158 e. The minimum atomic E-state index is 0.604. The third-order valence-corrected chi connectivity index (χ3v) is 5.72. The molecule has 0 amide bonds. The molecule has 0 aromatic carbocycles. The molecular formula is C10H18S. The zero-order valence-electron chi connectivity index (χ0n) is 7.81. The van der Waals surface area contributed by atoms with Gasteiger partial charge >= 0.3 is 0 Å². The van der Waals surface area contributed by atoms with E-state index in [0.29, 0.717) is 10.8 Å². The van der Waals surface area contributed by atoms with Crippen molar-refractivity contribution in [1.82, 2.24) is 0 Å². The number of hydrogen-bond donors (Lipinski definition) is 0. The van der Waals surface area contributed by atoms with Crippen LogP contribution < -0.4 is 0 Å². The first-order valence-corrected chi connectivity index (χ1v) is 5.70. The molecule has 1 aliphatic heterocycles. The van der Waals surface area contributed by atoms with E-state index in [2.05, 4.69) is 32.5 Å². The van der Waals surface area contributed by atoms with Gasteiger partial charge in [-0.25, -0.2) is 0 Å². The predicted octanol–water partition coefficient (Wildman–Crippen LogP) is 3.32. The first-order valence-electron chi connectivity index (χ1n) is 4.65. The van der Waals surface area contributed by atoms with Crippen LogP contribution in [0, 0.1) is 10.8 Å². The van der Waals surface area contributed by atoms with Crippen molar-refractivity contribution in [2.24, 2.45) is 10.8 Å². The Bertz CT molecular complexity index is 174. The van der Waals surface area contributed by atoms with Gasteiger partial charge in [0, 0.05) is 5.25 Å². The summed E-state index contributed by atoms with van der Waals surface area (Å²) in [4.78, 5) is 0. The van der Waals surface area contributed by atoms with Gasteiger partial charge in [-0.1, -0.05) is 20.8 Å². The molecule has 1 heterocycles. The zero-order valence-corrected chi connectivity index (χ0v) is 8.63. The molecule has 0 radical (unpaired) electrons. The van der Waals surface area contributed by atoms with Crippen molar-refractivity contribution in [2.75, 3.05) is 5.75 Å². The van der Waals surface area contributed by atoms with Crippen molar-refractivity contribution >= 4 is 11.8 Å². The molecule has 2 fully saturated rings. The van der Waals surface area contributed by atoms with Gasteiger partial charge in [0.1, 0.15) is 0 Å². The molecule has 1 aliphatic carbocycles. The summed E-state index contributed by atoms with van der Waals surface area (Å²) in [5.74, 6) is 1.41. The maximum atomic E-state index is 2.49. The van der Waals surface area contributed by atoms with Gasteiger partial charge in [0.2, 0.25) is 0 Å². The van der Waals surface area contributed by atoms with Crippen molar-refractivity contribution < 1.29 is 0 Å². The summed E-state index contributed by atoms with van der Waals surface area (Å²) >= 11 is 2.21. The van der Waals surface area contributed by atoms with E-state index < -0.39 is 0 Å². The standard InChI is InChI=1S/C10H18S/c1-9(2)5-4-8-6-10(9,3)7-11-8/h8H,4-7H2,1-3H3. The topological polar surface area (TPSA) is 0 Å². The molecule has 0 nitrogen and oxygen atoms in total. The fraction of sp³-hybridized carbons (Fsp3) is 1.00. The molecule has 0 N–H and O–H groups in total. The highest BCUT2D eigenvalue weighted by molar-refractivity contribution is 8.00. The van der Waals surface area contributed by atoms with E-state index in [-0.39, 0.29) is 0 Å². The van der Waals surface area contributed by atoms with E-state index in [1.165, 1.54) is 25.0 Å². The van der Waals surface area contributed by atoms with Gasteiger partial charge in [0.15, 0.2) is 0 Å². The molecule has 2 aliphatic rings. The third kappa shape index (κ3) is 1.04. The first kappa shape index (κ1) is 7.97. The van der Waals surface area contributed by atoms with E-state index >= 15 is 0 Å². The molecule has 2 atom stereocenters. The van der Waals surface area contributed by atoms with Crippen LogP contribution in [0.2, 0.25) is 0 Å². The summed E-state index contributed by atoms with van der Waals surface area (Å²) in [7, 11) is 0. The summed E-state index contributed by atoms with van der Waals surface area (Å²) in [6, 6.07) is 0. The highest BCUT2D eigenvalue weighted by atomic mass is 32.2. The Balaban J connectivity index is 2.27. The molecule has 2 bridgehead atoms. The van der Waals surface area contributed by atoms with Crippen molar-refractivity contribution in [1.29, 1.82) is 0 Å². The van der Waals surface area contributed by atoms with Crippen molar-refractivity contribution in [3.05, 3.63) is 0 Å². The lowest BCUT2D eigenvalue weighted by molar-refractivity contribution is 0.0711. The summed E-state index contributed by atoms with van der Waals surface area (Å²) in [6.45, 7) is 7.39. The van der Waals surface area contributed by atoms with Gasteiger partial charge in [-0.3, -0.25) is 0 Å². The molecule has 64 valence electrons. The maximum Gasteiger partial charge on any atom is 0.00531 e. The monoisotopic (exact) mass is 170 g/mol. The first-order chi connectivity index (χ1) is 5.04. The number of rotatable bonds is 0. The average molecular weight is 170 g/mol. The highest BCUT2D eigenvalue weighted by Crippen LogP contribution is 2.59. The molecule has 0 spiro atoms. The van der Waals surface area contributed by atoms with Gasteiger partial charge in [-0.15, -0.1) is 0 Å². The second kappa shape index (κ2) is 2.18. The SMILES string of the molecule is CC1(C)CCC2CC1(C)CS2. The van der Waals surface area contributed by atoms with Crippen molar-refractivity contribution in [3.63, 3.8) is 0 Å². The van der Waals surface area contributed by atoms with Crippen LogP contribution in [-0.2, 0) is 0 Å². The Hall–Kier alpha value is 0.350. The minimum Gasteiger partial charge on any atom is -0.158 e.